The lowest BCUT2D eigenvalue weighted by Gasteiger charge is -2.65. The molecular formula is C92H88N4O23. The molecular weight excluding hydrogens is 1530 g/mol. The van der Waals surface area contributed by atoms with E-state index in [1.165, 1.54) is 50.2 Å². The molecule has 0 radical (unpaired) electrons. The van der Waals surface area contributed by atoms with Crippen molar-refractivity contribution in [1.82, 2.24) is 21.3 Å². The van der Waals surface area contributed by atoms with Crippen molar-refractivity contribution in [1.29, 1.82) is 0 Å². The van der Waals surface area contributed by atoms with Crippen molar-refractivity contribution in [3.63, 3.8) is 0 Å². The van der Waals surface area contributed by atoms with Crippen LogP contribution in [0, 0.1) is 17.3 Å². The number of hydrogen-bond donors (Lipinski definition) is 5. The third-order valence-corrected chi connectivity index (χ3v) is 23.4. The molecule has 1 saturated heterocycles. The predicted molar refractivity (Wildman–Crippen MR) is 425 cm³/mol. The van der Waals surface area contributed by atoms with Gasteiger partial charge in [-0.25, -0.2) is 33.6 Å². The lowest BCUT2D eigenvalue weighted by atomic mass is 9.48. The Hall–Kier alpha value is -13.0. The van der Waals surface area contributed by atoms with Gasteiger partial charge in [0.1, 0.15) is 81.1 Å². The lowest BCUT2D eigenvalue weighted by Crippen LogP contribution is -2.80. The molecule has 3 fully saturated rings. The molecule has 119 heavy (non-hydrogen) atoms. The van der Waals surface area contributed by atoms with Gasteiger partial charge in [-0.3, -0.25) is 19.2 Å². The van der Waals surface area contributed by atoms with Crippen LogP contribution in [-0.4, -0.2) is 164 Å². The fraction of sp³-hybridized carbons (Fsp3) is 0.337. The van der Waals surface area contributed by atoms with Crippen molar-refractivity contribution in [2.24, 2.45) is 17.3 Å². The monoisotopic (exact) mass is 1620 g/mol. The van der Waals surface area contributed by atoms with E-state index >= 15 is 14.4 Å². The van der Waals surface area contributed by atoms with Crippen LogP contribution >= 0.6 is 0 Å². The number of amides is 4. The van der Waals surface area contributed by atoms with E-state index in [2.05, 4.69) is 21.3 Å². The molecule has 0 spiro atoms. The van der Waals surface area contributed by atoms with E-state index in [0.717, 1.165) is 73.7 Å². The van der Waals surface area contributed by atoms with Crippen LogP contribution in [0.1, 0.15) is 134 Å². The van der Waals surface area contributed by atoms with Gasteiger partial charge in [0.2, 0.25) is 11.9 Å². The van der Waals surface area contributed by atoms with Crippen LogP contribution in [0.5, 0.6) is 0 Å². The van der Waals surface area contributed by atoms with Crippen LogP contribution in [-0.2, 0) is 80.9 Å². The van der Waals surface area contributed by atoms with Crippen molar-refractivity contribution in [3.05, 3.63) is 262 Å². The van der Waals surface area contributed by atoms with Gasteiger partial charge in [0, 0.05) is 49.9 Å². The van der Waals surface area contributed by atoms with E-state index in [1.807, 2.05) is 146 Å². The van der Waals surface area contributed by atoms with Crippen molar-refractivity contribution in [3.8, 4) is 33.4 Å². The third kappa shape index (κ3) is 16.3. The van der Waals surface area contributed by atoms with Crippen molar-refractivity contribution in [2.75, 3.05) is 46.1 Å². The molecule has 7 aliphatic rings. The number of aliphatic hydroxyl groups is 1. The first-order chi connectivity index (χ1) is 57.2. The third-order valence-electron chi connectivity index (χ3n) is 23.4. The molecule has 15 rings (SSSR count). The summed E-state index contributed by atoms with van der Waals surface area (Å²) in [6, 6.07) is 59.6. The Morgan fingerprint density at radius 3 is 1.40 bits per heavy atom. The Balaban J connectivity index is 0.774. The molecule has 4 amide bonds. The Morgan fingerprint density at radius 1 is 0.538 bits per heavy atom. The van der Waals surface area contributed by atoms with Crippen molar-refractivity contribution in [2.45, 2.75) is 132 Å². The number of alkyl carbamates (subject to hydrolysis) is 4. The molecule has 6 aliphatic carbocycles. The number of ketones is 1. The van der Waals surface area contributed by atoms with Gasteiger partial charge in [-0.2, -0.15) is 0 Å². The molecule has 8 aromatic rings. The van der Waals surface area contributed by atoms with E-state index in [9.17, 15) is 43.5 Å². The number of fused-ring (bicyclic) bond motifs is 14. The summed E-state index contributed by atoms with van der Waals surface area (Å²) in [7, 11) is 0. The van der Waals surface area contributed by atoms with Gasteiger partial charge in [-0.15, -0.1) is 0 Å². The summed E-state index contributed by atoms with van der Waals surface area (Å²) >= 11 is 0. The van der Waals surface area contributed by atoms with Crippen LogP contribution in [0.3, 0.4) is 0 Å². The highest BCUT2D eigenvalue weighted by Gasteiger charge is 2.77. The van der Waals surface area contributed by atoms with Crippen LogP contribution < -0.4 is 21.3 Å². The van der Waals surface area contributed by atoms with E-state index in [4.69, 9.17) is 52.1 Å². The summed E-state index contributed by atoms with van der Waals surface area (Å²) in [6.45, 7) is 4.77. The number of Topliss-reactive ketones (excluding diaryl/α,β-unsaturated/α-hetero) is 1. The molecule has 27 heteroatoms. The minimum Gasteiger partial charge on any atom is -0.460 e. The van der Waals surface area contributed by atoms with Gasteiger partial charge in [-0.1, -0.05) is 201 Å². The summed E-state index contributed by atoms with van der Waals surface area (Å²) < 4.78 is 67.5. The Morgan fingerprint density at radius 2 is 0.966 bits per heavy atom. The first-order valence-electron chi connectivity index (χ1n) is 39.4. The fourth-order valence-corrected chi connectivity index (χ4v) is 18.0. The number of ether oxygens (including phenoxy) is 11. The maximum absolute atomic E-state index is 17.1. The van der Waals surface area contributed by atoms with Gasteiger partial charge >= 0.3 is 60.2 Å². The van der Waals surface area contributed by atoms with Crippen LogP contribution in [0.2, 0.25) is 0 Å². The Labute approximate surface area is 684 Å². The highest BCUT2D eigenvalue weighted by Crippen LogP contribution is 2.63. The quantitative estimate of drug-likeness (QED) is 0.0293. The number of benzene rings is 8. The number of esters is 6. The standard InChI is InChI=1S/C92H88N4O23/c1-51-67-42-91(108,43-71(51)113-84(103)79(77(53-25-9-7-10-26-53)96-88(107)119-89(3,4)5)116-76(100)46-95-87(106)111-49-70-65-39-23-17-33-59(65)60-34-18-24-40-66(60)70)82(117-83(102)54-27-11-8-12-28-54)80-90(6,81(101)78(67)115-75(99)45-94-86(105)110-48-69-63-37-21-15-31-57(63)58-32-16-22-38-64(58)69)72(41-73-92(80,50-112-73)118-52(2)97)114-74(98)44-93-85(104)109-47-68-61-35-19-13-29-55(61)56-30-14-20-36-62(56)68/h7-40,51,68-73,77,79-80,82,108H,41-50H2,1-6H3,(H,93,104)(H,94,105)(H,95,106)(H,96,107)/b78-67-/t51?,71-,72-,73?,77-,79+,80?,82-,90?,91+,92-/m0/s1. The summed E-state index contributed by atoms with van der Waals surface area (Å²) in [5, 5.41) is 24.3. The molecule has 1 aliphatic heterocycles. The highest BCUT2D eigenvalue weighted by atomic mass is 16.6. The second kappa shape index (κ2) is 33.5. The molecule has 614 valence electrons. The molecule has 5 N–H and O–H groups in total. The fourth-order valence-electron chi connectivity index (χ4n) is 18.0. The van der Waals surface area contributed by atoms with E-state index in [1.54, 1.807) is 45.0 Å². The smallest absolute Gasteiger partial charge is 0.408 e. The summed E-state index contributed by atoms with van der Waals surface area (Å²) in [6.07, 6.45) is -15.6. The van der Waals surface area contributed by atoms with E-state index in [0.29, 0.717) is 0 Å². The number of carbonyl (C=O) groups excluding carboxylic acids is 11. The second-order valence-electron chi connectivity index (χ2n) is 31.9. The maximum atomic E-state index is 17.1. The minimum absolute atomic E-state index is 0.0871. The average Bonchev–Trinajstić information content (AvgIpc) is 1.46. The van der Waals surface area contributed by atoms with Crippen LogP contribution in [0.25, 0.3) is 33.4 Å². The van der Waals surface area contributed by atoms with Crippen LogP contribution in [0.15, 0.2) is 218 Å². The van der Waals surface area contributed by atoms with Gasteiger partial charge < -0.3 is 78.5 Å². The van der Waals surface area contributed by atoms with Crippen LogP contribution in [0.4, 0.5) is 19.2 Å². The van der Waals surface area contributed by atoms with Crippen molar-refractivity contribution < 1.29 is 110 Å². The molecule has 11 atom stereocenters. The normalized spacial score (nSPS) is 23.3. The zero-order chi connectivity index (χ0) is 83.7. The molecule has 8 aromatic carbocycles. The average molecular weight is 1620 g/mol. The number of hydrogen-bond acceptors (Lipinski definition) is 23. The first kappa shape index (κ1) is 81.1. The van der Waals surface area contributed by atoms with Gasteiger partial charge in [0.15, 0.2) is 11.4 Å². The number of allylic oxidation sites excluding steroid dienone is 1. The van der Waals surface area contributed by atoms with Gasteiger partial charge in [-0.05, 0) is 118 Å². The second-order valence-corrected chi connectivity index (χ2v) is 31.9. The topological polar surface area (TPSA) is 358 Å². The van der Waals surface area contributed by atoms with Crippen molar-refractivity contribution >= 4 is 66.0 Å². The van der Waals surface area contributed by atoms with Gasteiger partial charge in [0.25, 0.3) is 0 Å². The largest absolute Gasteiger partial charge is 0.460 e. The van der Waals surface area contributed by atoms with Gasteiger partial charge in [0.05, 0.1) is 23.5 Å². The highest BCUT2D eigenvalue weighted by molar-refractivity contribution is 6.03. The lowest BCUT2D eigenvalue weighted by molar-refractivity contribution is -0.340. The van der Waals surface area contributed by atoms with E-state index in [-0.39, 0.29) is 48.4 Å². The first-order valence-corrected chi connectivity index (χ1v) is 39.4. The summed E-state index contributed by atoms with van der Waals surface area (Å²) in [5.41, 5.74) is 2.51. The Kier molecular flexibility index (Phi) is 22.9. The minimum atomic E-state index is -2.71. The van der Waals surface area contributed by atoms with E-state index < -0.39 is 194 Å². The molecule has 2 bridgehead atoms. The molecule has 4 unspecified atom stereocenters. The number of rotatable bonds is 23. The number of carbonyl (C=O) groups is 11. The molecule has 2 saturated carbocycles. The SMILES string of the molecule is CC(=O)O[C@@]12COC1C[C@H](OC(=O)CNC(=O)OCC1c3ccccc3-c3ccccc31)C1(C)C(=O)/C(OC(=O)CNC(=O)OCC3c4ccccc4-c4ccccc43)=C3\C[C@@](O)(C[C@H](OC(=O)[C@H](OC(=O)CNC(=O)OCC4c5ccccc5-c5ccccc54)[C@@H](NC(=O)OC(C)(C)C)c4ccccc4)C3C)[C@@H](OC(=O)c3ccccc3)C12. The maximum Gasteiger partial charge on any atom is 0.408 e. The zero-order valence-corrected chi connectivity index (χ0v) is 66.0. The zero-order valence-electron chi connectivity index (χ0n) is 66.0. The Bertz CT molecular complexity index is 5220. The summed E-state index contributed by atoms with van der Waals surface area (Å²) in [4.78, 5) is 162. The molecule has 0 aromatic heterocycles. The molecule has 27 nitrogen and oxygen atoms in total. The predicted octanol–water partition coefficient (Wildman–Crippen LogP) is 12.1. The summed E-state index contributed by atoms with van der Waals surface area (Å²) in [5.74, 6) is -13.8. The number of nitrogens with one attached hydrogen (secondary N) is 4. The molecule has 1 heterocycles.